The third-order valence-corrected chi connectivity index (χ3v) is 8.22. The molecule has 3 aliphatic rings. The Kier molecular flexibility index (Phi) is 6.98. The molecule has 0 aliphatic heterocycles. The molecule has 3 aliphatic carbocycles. The number of hydrogen-bond donors (Lipinski definition) is 0. The average Bonchev–Trinajstić information content (AvgIpc) is 2.74. The summed E-state index contributed by atoms with van der Waals surface area (Å²) in [6.45, 7) is 4.74. The monoisotopic (exact) mass is 398 g/mol. The van der Waals surface area contributed by atoms with Crippen LogP contribution < -0.4 is 4.74 Å². The largest absolute Gasteiger partial charge is 0.486 e. The summed E-state index contributed by atoms with van der Waals surface area (Å²) in [6.07, 6.45) is 18.8. The third-order valence-electron chi connectivity index (χ3n) is 8.22. The zero-order valence-electron chi connectivity index (χ0n) is 18.5. The fourth-order valence-corrected chi connectivity index (χ4v) is 6.65. The van der Waals surface area contributed by atoms with Crippen LogP contribution in [0.1, 0.15) is 82.8 Å². The van der Waals surface area contributed by atoms with Crippen molar-refractivity contribution >= 4 is 0 Å². The Hall–Kier alpha value is -1.31. The Balaban J connectivity index is 1.36. The lowest BCUT2D eigenvalue weighted by Gasteiger charge is -2.45. The molecule has 29 heavy (non-hydrogen) atoms. The van der Waals surface area contributed by atoms with Crippen molar-refractivity contribution in [3.05, 3.63) is 41.2 Å². The Labute approximate surface area is 177 Å². The van der Waals surface area contributed by atoms with Gasteiger partial charge in [-0.25, -0.2) is 4.39 Å². The van der Waals surface area contributed by atoms with Crippen LogP contribution in [0, 0.1) is 35.4 Å². The molecule has 0 saturated heterocycles. The van der Waals surface area contributed by atoms with Crippen LogP contribution in [0.2, 0.25) is 0 Å². The van der Waals surface area contributed by atoms with Gasteiger partial charge in [0.15, 0.2) is 11.6 Å². The summed E-state index contributed by atoms with van der Waals surface area (Å²) in [5.74, 6) is 4.83. The van der Waals surface area contributed by atoms with Crippen molar-refractivity contribution in [1.29, 1.82) is 0 Å². The van der Waals surface area contributed by atoms with Crippen molar-refractivity contribution in [3.8, 4) is 5.75 Å². The fraction of sp³-hybridized carbons (Fsp3) is 0.704. The molecule has 1 nitrogen and oxygen atoms in total. The standard InChI is InChI=1S/C27H39FO/c1-3-5-13-29-27-18-24-12-11-23(16-25(24)17-26(27)28)22-10-9-20-14-19(6-4-2)7-8-21(20)15-22/h3,5,17-23H,4,6-16H2,1-2H3/b5-3+. The molecule has 1 aromatic carbocycles. The lowest BCUT2D eigenvalue weighted by Crippen LogP contribution is -2.35. The minimum absolute atomic E-state index is 0.188. The molecule has 0 N–H and O–H groups in total. The van der Waals surface area contributed by atoms with E-state index < -0.39 is 0 Å². The first kappa shape index (κ1) is 20.9. The van der Waals surface area contributed by atoms with Crippen LogP contribution in [-0.2, 0) is 12.8 Å². The Morgan fingerprint density at radius 2 is 1.72 bits per heavy atom. The predicted molar refractivity (Wildman–Crippen MR) is 119 cm³/mol. The molecule has 0 radical (unpaired) electrons. The van der Waals surface area contributed by atoms with Gasteiger partial charge in [0.2, 0.25) is 0 Å². The zero-order chi connectivity index (χ0) is 20.2. The molecular weight excluding hydrogens is 359 g/mol. The second kappa shape index (κ2) is 9.67. The minimum atomic E-state index is -0.188. The van der Waals surface area contributed by atoms with Gasteiger partial charge >= 0.3 is 0 Å². The van der Waals surface area contributed by atoms with Crippen molar-refractivity contribution in [2.75, 3.05) is 6.61 Å². The highest BCUT2D eigenvalue weighted by Crippen LogP contribution is 2.49. The Morgan fingerprint density at radius 3 is 2.52 bits per heavy atom. The highest BCUT2D eigenvalue weighted by Gasteiger charge is 2.38. The molecule has 0 aromatic heterocycles. The van der Waals surface area contributed by atoms with Gasteiger partial charge in [0.25, 0.3) is 0 Å². The van der Waals surface area contributed by atoms with Gasteiger partial charge in [-0.15, -0.1) is 0 Å². The normalized spacial score (nSPS) is 32.0. The molecule has 2 fully saturated rings. The molecule has 5 atom stereocenters. The van der Waals surface area contributed by atoms with Gasteiger partial charge in [-0.2, -0.15) is 0 Å². The number of halogens is 1. The molecule has 5 unspecified atom stereocenters. The number of fused-ring (bicyclic) bond motifs is 2. The van der Waals surface area contributed by atoms with Crippen LogP contribution >= 0.6 is 0 Å². The molecule has 1 aromatic rings. The first-order chi connectivity index (χ1) is 14.2. The molecule has 0 heterocycles. The highest BCUT2D eigenvalue weighted by atomic mass is 19.1. The number of allylic oxidation sites excluding steroid dienone is 1. The van der Waals surface area contributed by atoms with Crippen LogP contribution in [0.25, 0.3) is 0 Å². The first-order valence-electron chi connectivity index (χ1n) is 12.2. The van der Waals surface area contributed by atoms with E-state index in [-0.39, 0.29) is 5.82 Å². The fourth-order valence-electron chi connectivity index (χ4n) is 6.65. The van der Waals surface area contributed by atoms with Crippen LogP contribution in [0.3, 0.4) is 0 Å². The number of benzene rings is 1. The van der Waals surface area contributed by atoms with Crippen molar-refractivity contribution < 1.29 is 9.13 Å². The van der Waals surface area contributed by atoms with Crippen LogP contribution in [0.5, 0.6) is 5.75 Å². The van der Waals surface area contributed by atoms with E-state index in [4.69, 9.17) is 4.74 Å². The van der Waals surface area contributed by atoms with Gasteiger partial charge in [-0.3, -0.25) is 0 Å². The van der Waals surface area contributed by atoms with Gasteiger partial charge < -0.3 is 4.74 Å². The molecule has 0 spiro atoms. The third kappa shape index (κ3) is 4.89. The molecule has 2 heteroatoms. The van der Waals surface area contributed by atoms with Gasteiger partial charge in [0, 0.05) is 0 Å². The first-order valence-corrected chi connectivity index (χ1v) is 12.2. The summed E-state index contributed by atoms with van der Waals surface area (Å²) in [5, 5.41) is 0. The van der Waals surface area contributed by atoms with E-state index >= 15 is 0 Å². The number of aryl methyl sites for hydroxylation is 1. The molecule has 2 saturated carbocycles. The number of hydrogen-bond acceptors (Lipinski definition) is 1. The lowest BCUT2D eigenvalue weighted by atomic mass is 9.61. The maximum atomic E-state index is 14.5. The van der Waals surface area contributed by atoms with Crippen LogP contribution in [0.4, 0.5) is 4.39 Å². The van der Waals surface area contributed by atoms with E-state index in [0.717, 1.165) is 42.4 Å². The van der Waals surface area contributed by atoms with Crippen LogP contribution in [-0.4, -0.2) is 6.61 Å². The summed E-state index contributed by atoms with van der Waals surface area (Å²) in [7, 11) is 0. The topological polar surface area (TPSA) is 9.23 Å². The average molecular weight is 399 g/mol. The summed E-state index contributed by atoms with van der Waals surface area (Å²) in [5.41, 5.74) is 2.55. The summed E-state index contributed by atoms with van der Waals surface area (Å²) < 4.78 is 20.2. The van der Waals surface area contributed by atoms with E-state index in [2.05, 4.69) is 6.92 Å². The van der Waals surface area contributed by atoms with E-state index in [1.807, 2.05) is 25.1 Å². The maximum absolute atomic E-state index is 14.5. The number of rotatable bonds is 6. The summed E-state index contributed by atoms with van der Waals surface area (Å²) in [4.78, 5) is 0. The van der Waals surface area contributed by atoms with E-state index in [0.29, 0.717) is 12.4 Å². The van der Waals surface area contributed by atoms with E-state index in [1.54, 1.807) is 6.07 Å². The molecule has 0 amide bonds. The lowest BCUT2D eigenvalue weighted by molar-refractivity contribution is 0.0694. The minimum Gasteiger partial charge on any atom is -0.486 e. The van der Waals surface area contributed by atoms with Gasteiger partial charge in [0.1, 0.15) is 6.61 Å². The Bertz CT molecular complexity index is 709. The van der Waals surface area contributed by atoms with E-state index in [1.165, 1.54) is 68.9 Å². The van der Waals surface area contributed by atoms with Crippen molar-refractivity contribution in [1.82, 2.24) is 0 Å². The summed E-state index contributed by atoms with van der Waals surface area (Å²) >= 11 is 0. The molecule has 0 bridgehead atoms. The van der Waals surface area contributed by atoms with Crippen molar-refractivity contribution in [3.63, 3.8) is 0 Å². The van der Waals surface area contributed by atoms with E-state index in [9.17, 15) is 4.39 Å². The van der Waals surface area contributed by atoms with Crippen molar-refractivity contribution in [2.24, 2.45) is 29.6 Å². The predicted octanol–water partition coefficient (Wildman–Crippen LogP) is 7.52. The highest BCUT2D eigenvalue weighted by molar-refractivity contribution is 5.39. The van der Waals surface area contributed by atoms with Crippen LogP contribution in [0.15, 0.2) is 24.3 Å². The summed E-state index contributed by atoms with van der Waals surface area (Å²) in [6, 6.07) is 3.74. The Morgan fingerprint density at radius 1 is 0.966 bits per heavy atom. The van der Waals surface area contributed by atoms with Gasteiger partial charge in [-0.1, -0.05) is 38.3 Å². The van der Waals surface area contributed by atoms with Gasteiger partial charge in [-0.05, 0) is 111 Å². The quantitative estimate of drug-likeness (QED) is 0.450. The zero-order valence-corrected chi connectivity index (χ0v) is 18.5. The van der Waals surface area contributed by atoms with Crippen molar-refractivity contribution in [2.45, 2.75) is 84.5 Å². The smallest absolute Gasteiger partial charge is 0.165 e. The second-order valence-electron chi connectivity index (χ2n) is 10.00. The van der Waals surface area contributed by atoms with Gasteiger partial charge in [0.05, 0.1) is 0 Å². The molecule has 4 rings (SSSR count). The SMILES string of the molecule is C/C=C/COc1cc2c(cc1F)CC(C1CCC3CC(CCC)CCC3C1)CC2. The molecular formula is C27H39FO. The second-order valence-corrected chi connectivity index (χ2v) is 10.00. The number of ether oxygens (including phenoxy) is 1. The maximum Gasteiger partial charge on any atom is 0.165 e. The molecule has 160 valence electrons.